The molecule has 0 saturated carbocycles. The predicted molar refractivity (Wildman–Crippen MR) is 75.4 cm³/mol. The van der Waals surface area contributed by atoms with E-state index in [1.165, 1.54) is 19.3 Å². The molecule has 1 aromatic carbocycles. The fourth-order valence-electron chi connectivity index (χ4n) is 2.33. The average molecular weight is 238 g/mol. The molecule has 0 bridgehead atoms. The monoisotopic (exact) mass is 238 g/mol. The summed E-state index contributed by atoms with van der Waals surface area (Å²) in [5, 5.41) is 9.13. The van der Waals surface area contributed by atoms with Gasteiger partial charge in [-0.25, -0.2) is 0 Å². The fraction of sp³-hybridized carbons (Fsp3) is 0.375. The third-order valence-electron chi connectivity index (χ3n) is 3.47. The van der Waals surface area contributed by atoms with E-state index in [-0.39, 0.29) is 0 Å². The molecule has 0 amide bonds. The van der Waals surface area contributed by atoms with E-state index < -0.39 is 0 Å². The Hall–Kier alpha value is -1.97. The van der Waals surface area contributed by atoms with Crippen LogP contribution in [0.3, 0.4) is 0 Å². The summed E-state index contributed by atoms with van der Waals surface area (Å²) in [5.74, 6) is 0. The van der Waals surface area contributed by atoms with Crippen LogP contribution in [0.5, 0.6) is 0 Å². The Morgan fingerprint density at radius 3 is 2.56 bits per heavy atom. The molecule has 1 saturated heterocycles. The summed E-state index contributed by atoms with van der Waals surface area (Å²) < 4.78 is 0. The molecule has 0 N–H and O–H groups in total. The molecule has 0 atom stereocenters. The van der Waals surface area contributed by atoms with E-state index in [4.69, 9.17) is 5.26 Å². The van der Waals surface area contributed by atoms with Crippen molar-refractivity contribution in [3.63, 3.8) is 0 Å². The molecule has 1 heterocycles. The van der Waals surface area contributed by atoms with Crippen LogP contribution < -0.4 is 4.90 Å². The van der Waals surface area contributed by atoms with E-state index in [0.717, 1.165) is 29.9 Å². The summed E-state index contributed by atoms with van der Waals surface area (Å²) >= 11 is 0. The Balaban J connectivity index is 2.40. The lowest BCUT2D eigenvalue weighted by molar-refractivity contribution is 0.578. The van der Waals surface area contributed by atoms with Crippen LogP contribution in [-0.4, -0.2) is 13.1 Å². The molecule has 0 radical (unpaired) electrons. The fourth-order valence-corrected chi connectivity index (χ4v) is 2.33. The van der Waals surface area contributed by atoms with Crippen LogP contribution in [0, 0.1) is 11.3 Å². The molecule has 0 unspecified atom stereocenters. The van der Waals surface area contributed by atoms with Crippen molar-refractivity contribution in [2.24, 2.45) is 0 Å². The lowest BCUT2D eigenvalue weighted by Crippen LogP contribution is -2.29. The zero-order valence-corrected chi connectivity index (χ0v) is 10.9. The Labute approximate surface area is 109 Å². The van der Waals surface area contributed by atoms with E-state index in [1.807, 2.05) is 19.1 Å². The van der Waals surface area contributed by atoms with Gasteiger partial charge >= 0.3 is 0 Å². The second kappa shape index (κ2) is 5.58. The van der Waals surface area contributed by atoms with E-state index >= 15 is 0 Å². The summed E-state index contributed by atoms with van der Waals surface area (Å²) in [6.45, 7) is 7.83. The number of nitriles is 1. The van der Waals surface area contributed by atoms with Crippen LogP contribution in [0.2, 0.25) is 0 Å². The maximum atomic E-state index is 9.13. The van der Waals surface area contributed by atoms with Crippen molar-refractivity contribution in [1.29, 1.82) is 5.26 Å². The third kappa shape index (κ3) is 2.64. The smallest absolute Gasteiger partial charge is 0.0992 e. The number of anilines is 1. The third-order valence-corrected chi connectivity index (χ3v) is 3.47. The van der Waals surface area contributed by atoms with E-state index in [2.05, 4.69) is 29.3 Å². The quantitative estimate of drug-likeness (QED) is 0.734. The summed E-state index contributed by atoms with van der Waals surface area (Å²) in [5.41, 5.74) is 6.80. The molecular weight excluding hydrogens is 220 g/mol. The molecule has 2 heteroatoms. The van der Waals surface area contributed by atoms with Crippen LogP contribution in [0.1, 0.15) is 37.3 Å². The second-order valence-corrected chi connectivity index (χ2v) is 4.73. The summed E-state index contributed by atoms with van der Waals surface area (Å²) in [6.07, 6.45) is 3.79. The molecule has 92 valence electrons. The van der Waals surface area contributed by atoms with Crippen LogP contribution >= 0.6 is 0 Å². The number of hydrogen-bond acceptors (Lipinski definition) is 2. The highest BCUT2D eigenvalue weighted by molar-refractivity contribution is 5.69. The van der Waals surface area contributed by atoms with Gasteiger partial charge in [0.15, 0.2) is 0 Å². The van der Waals surface area contributed by atoms with Gasteiger partial charge in [0.2, 0.25) is 0 Å². The van der Waals surface area contributed by atoms with Gasteiger partial charge in [-0.1, -0.05) is 6.58 Å². The Bertz CT molecular complexity index is 525. The Kier molecular flexibility index (Phi) is 3.87. The van der Waals surface area contributed by atoms with Crippen molar-refractivity contribution < 1.29 is 0 Å². The molecule has 18 heavy (non-hydrogen) atoms. The van der Waals surface area contributed by atoms with E-state index in [1.54, 1.807) is 0 Å². The maximum absolute atomic E-state index is 9.13. The number of hydrogen-bond donors (Lipinski definition) is 0. The van der Waals surface area contributed by atoms with Gasteiger partial charge in [-0.2, -0.15) is 5.26 Å². The topological polar surface area (TPSA) is 27.0 Å². The summed E-state index contributed by atoms with van der Waals surface area (Å²) in [4.78, 5) is 2.37. The minimum Gasteiger partial charge on any atom is -0.371 e. The largest absolute Gasteiger partial charge is 0.371 e. The first-order chi connectivity index (χ1) is 8.74. The number of allylic oxidation sites excluding steroid dienone is 1. The van der Waals surface area contributed by atoms with E-state index in [9.17, 15) is 0 Å². The average Bonchev–Trinajstić information content (AvgIpc) is 2.46. The highest BCUT2D eigenvalue weighted by Crippen LogP contribution is 2.25. The van der Waals surface area contributed by atoms with Crippen LogP contribution in [0.4, 0.5) is 5.69 Å². The zero-order valence-electron chi connectivity index (χ0n) is 10.9. The van der Waals surface area contributed by atoms with Gasteiger partial charge in [0.05, 0.1) is 11.6 Å². The normalized spacial score (nSPS) is 14.8. The first kappa shape index (κ1) is 12.5. The molecule has 1 aliphatic heterocycles. The van der Waals surface area contributed by atoms with Crippen molar-refractivity contribution in [3.05, 3.63) is 41.6 Å². The van der Waals surface area contributed by atoms with Gasteiger partial charge in [-0.05, 0) is 55.5 Å². The van der Waals surface area contributed by atoms with E-state index in [0.29, 0.717) is 5.56 Å². The van der Waals surface area contributed by atoms with Crippen molar-refractivity contribution in [2.75, 3.05) is 18.0 Å². The minimum atomic E-state index is 0.711. The van der Waals surface area contributed by atoms with Crippen molar-refractivity contribution in [1.82, 2.24) is 0 Å². The molecule has 0 aromatic heterocycles. The Morgan fingerprint density at radius 1 is 1.22 bits per heavy atom. The standard InChI is InChI=1S/C16H18N2/c1-3-13(2)15-9-14(12-17)10-16(11-15)18-7-5-4-6-8-18/h9-11H,1,4-8H2,2H3. The van der Waals surface area contributed by atoms with Gasteiger partial charge in [0.25, 0.3) is 0 Å². The first-order valence-electron chi connectivity index (χ1n) is 6.42. The molecule has 0 aliphatic carbocycles. The van der Waals surface area contributed by atoms with Crippen molar-refractivity contribution >= 4 is 11.3 Å². The first-order valence-corrected chi connectivity index (χ1v) is 6.42. The van der Waals surface area contributed by atoms with Crippen molar-refractivity contribution in [3.8, 4) is 6.07 Å². The highest BCUT2D eigenvalue weighted by Gasteiger charge is 2.12. The molecule has 1 aliphatic rings. The van der Waals surface area contributed by atoms with Gasteiger partial charge in [-0.3, -0.25) is 0 Å². The predicted octanol–water partition coefficient (Wildman–Crippen LogP) is 3.74. The lowest BCUT2D eigenvalue weighted by Gasteiger charge is -2.29. The summed E-state index contributed by atoms with van der Waals surface area (Å²) in [6, 6.07) is 8.26. The van der Waals surface area contributed by atoms with Crippen LogP contribution in [0.15, 0.2) is 30.5 Å². The SMILES string of the molecule is C=C=C(C)c1cc(C#N)cc(N2CCCCC2)c1. The molecule has 2 rings (SSSR count). The Morgan fingerprint density at radius 2 is 1.94 bits per heavy atom. The zero-order chi connectivity index (χ0) is 13.0. The number of nitrogens with zero attached hydrogens (tertiary/aromatic N) is 2. The second-order valence-electron chi connectivity index (χ2n) is 4.73. The maximum Gasteiger partial charge on any atom is 0.0992 e. The molecule has 2 nitrogen and oxygen atoms in total. The van der Waals surface area contributed by atoms with Crippen LogP contribution in [-0.2, 0) is 0 Å². The van der Waals surface area contributed by atoms with Crippen LogP contribution in [0.25, 0.3) is 5.57 Å². The number of rotatable bonds is 2. The number of piperidine rings is 1. The summed E-state index contributed by atoms with van der Waals surface area (Å²) in [7, 11) is 0. The lowest BCUT2D eigenvalue weighted by atomic mass is 10.0. The molecule has 1 aromatic rings. The van der Waals surface area contributed by atoms with Gasteiger partial charge < -0.3 is 4.90 Å². The molecule has 1 fully saturated rings. The van der Waals surface area contributed by atoms with Gasteiger partial charge in [0.1, 0.15) is 0 Å². The molecule has 0 spiro atoms. The van der Waals surface area contributed by atoms with Gasteiger partial charge in [0, 0.05) is 18.8 Å². The van der Waals surface area contributed by atoms with Crippen molar-refractivity contribution in [2.45, 2.75) is 26.2 Å². The highest BCUT2D eigenvalue weighted by atomic mass is 15.1. The molecular formula is C16H18N2. The minimum absolute atomic E-state index is 0.711. The van der Waals surface area contributed by atoms with Gasteiger partial charge in [-0.15, -0.1) is 5.73 Å². The number of benzene rings is 1.